The number of nitrogens with one attached hydrogen (secondary N) is 1. The predicted molar refractivity (Wildman–Crippen MR) is 84.2 cm³/mol. The third-order valence-corrected chi connectivity index (χ3v) is 4.58. The maximum Gasteiger partial charge on any atom is 0.330 e. The number of nitrogens with zero attached hydrogens (tertiary/aromatic N) is 3. The van der Waals surface area contributed by atoms with Crippen LogP contribution in [0.3, 0.4) is 0 Å². The van der Waals surface area contributed by atoms with Crippen LogP contribution in [0.2, 0.25) is 0 Å². The van der Waals surface area contributed by atoms with Crippen molar-refractivity contribution in [1.29, 1.82) is 0 Å². The van der Waals surface area contributed by atoms with Gasteiger partial charge in [0.15, 0.2) is 0 Å². The molecule has 0 atom stereocenters. The van der Waals surface area contributed by atoms with E-state index >= 15 is 0 Å². The SMILES string of the molecule is Cc1ccc(S(=O)(=O)Nc2nnc(-c3cc(F)ccc3C)o2)cn1. The number of hydrogen-bond acceptors (Lipinski definition) is 6. The lowest BCUT2D eigenvalue weighted by atomic mass is 10.1. The minimum Gasteiger partial charge on any atom is -0.403 e. The zero-order valence-electron chi connectivity index (χ0n) is 12.8. The minimum absolute atomic E-state index is 0.0201. The fourth-order valence-corrected chi connectivity index (χ4v) is 2.85. The second-order valence-corrected chi connectivity index (χ2v) is 6.79. The first-order chi connectivity index (χ1) is 11.3. The van der Waals surface area contributed by atoms with Crippen LogP contribution < -0.4 is 4.72 Å². The van der Waals surface area contributed by atoms with Crippen molar-refractivity contribution in [1.82, 2.24) is 15.2 Å². The molecule has 0 unspecified atom stereocenters. The molecule has 7 nitrogen and oxygen atoms in total. The van der Waals surface area contributed by atoms with Crippen LogP contribution in [0.25, 0.3) is 11.5 Å². The Hall–Kier alpha value is -2.81. The summed E-state index contributed by atoms with van der Waals surface area (Å²) in [6, 6.07) is 6.79. The standard InChI is InChI=1S/C15H13FN4O3S/c1-9-3-5-11(16)7-13(9)14-18-19-15(23-14)20-24(21,22)12-6-4-10(2)17-8-12/h3-8H,1-2H3,(H,19,20). The number of sulfonamides is 1. The first-order valence-corrected chi connectivity index (χ1v) is 8.39. The van der Waals surface area contributed by atoms with Crippen molar-refractivity contribution in [2.24, 2.45) is 0 Å². The zero-order valence-corrected chi connectivity index (χ0v) is 13.6. The average molecular weight is 348 g/mol. The van der Waals surface area contributed by atoms with Crippen molar-refractivity contribution in [3.8, 4) is 11.5 Å². The van der Waals surface area contributed by atoms with E-state index in [2.05, 4.69) is 19.9 Å². The smallest absolute Gasteiger partial charge is 0.330 e. The van der Waals surface area contributed by atoms with Gasteiger partial charge in [0.1, 0.15) is 10.7 Å². The summed E-state index contributed by atoms with van der Waals surface area (Å²) < 4.78 is 45.3. The molecule has 0 spiro atoms. The molecule has 3 aromatic rings. The van der Waals surface area contributed by atoms with Gasteiger partial charge in [-0.3, -0.25) is 4.98 Å². The van der Waals surface area contributed by atoms with E-state index in [1.54, 1.807) is 26.0 Å². The highest BCUT2D eigenvalue weighted by Gasteiger charge is 2.19. The first kappa shape index (κ1) is 16.1. The molecule has 0 saturated carbocycles. The highest BCUT2D eigenvalue weighted by Crippen LogP contribution is 2.25. The van der Waals surface area contributed by atoms with E-state index < -0.39 is 15.8 Å². The summed E-state index contributed by atoms with van der Waals surface area (Å²) in [7, 11) is -3.90. The number of pyridine rings is 1. The predicted octanol–water partition coefficient (Wildman–Crippen LogP) is 2.69. The van der Waals surface area contributed by atoms with Gasteiger partial charge in [-0.1, -0.05) is 11.2 Å². The van der Waals surface area contributed by atoms with Gasteiger partial charge in [0.2, 0.25) is 5.89 Å². The molecule has 0 saturated heterocycles. The van der Waals surface area contributed by atoms with Crippen LogP contribution in [0.4, 0.5) is 10.4 Å². The van der Waals surface area contributed by atoms with E-state index in [-0.39, 0.29) is 16.8 Å². The van der Waals surface area contributed by atoms with Crippen molar-refractivity contribution >= 4 is 16.0 Å². The fourth-order valence-electron chi connectivity index (χ4n) is 1.99. The van der Waals surface area contributed by atoms with Gasteiger partial charge in [0.05, 0.1) is 0 Å². The van der Waals surface area contributed by atoms with E-state index in [0.717, 1.165) is 5.56 Å². The molecule has 0 aliphatic rings. The van der Waals surface area contributed by atoms with Crippen LogP contribution in [0.1, 0.15) is 11.3 Å². The van der Waals surface area contributed by atoms with Crippen molar-refractivity contribution in [2.75, 3.05) is 4.72 Å². The van der Waals surface area contributed by atoms with Crippen LogP contribution in [-0.2, 0) is 10.0 Å². The molecule has 0 fully saturated rings. The highest BCUT2D eigenvalue weighted by molar-refractivity contribution is 7.92. The third-order valence-electron chi connectivity index (χ3n) is 3.27. The van der Waals surface area contributed by atoms with Crippen LogP contribution in [0.15, 0.2) is 45.8 Å². The molecule has 0 aliphatic carbocycles. The summed E-state index contributed by atoms with van der Waals surface area (Å²) in [6.45, 7) is 3.50. The summed E-state index contributed by atoms with van der Waals surface area (Å²) in [4.78, 5) is 3.90. The van der Waals surface area contributed by atoms with E-state index in [1.807, 2.05) is 0 Å². The molecule has 0 radical (unpaired) electrons. The molecular formula is C15H13FN4O3S. The van der Waals surface area contributed by atoms with Gasteiger partial charge >= 0.3 is 6.01 Å². The monoisotopic (exact) mass is 348 g/mol. The van der Waals surface area contributed by atoms with Crippen molar-refractivity contribution in [3.05, 3.63) is 53.6 Å². The second-order valence-electron chi connectivity index (χ2n) is 5.11. The molecule has 2 aromatic heterocycles. The lowest BCUT2D eigenvalue weighted by molar-refractivity contribution is 0.575. The summed E-state index contributed by atoms with van der Waals surface area (Å²) in [5.74, 6) is -0.437. The normalized spacial score (nSPS) is 11.5. The number of aryl methyl sites for hydroxylation is 2. The lowest BCUT2D eigenvalue weighted by Crippen LogP contribution is -2.13. The quantitative estimate of drug-likeness (QED) is 0.778. The molecule has 0 amide bonds. The van der Waals surface area contributed by atoms with E-state index in [0.29, 0.717) is 11.3 Å². The summed E-state index contributed by atoms with van der Waals surface area (Å²) >= 11 is 0. The largest absolute Gasteiger partial charge is 0.403 e. The summed E-state index contributed by atoms with van der Waals surface area (Å²) in [5, 5.41) is 7.40. The highest BCUT2D eigenvalue weighted by atomic mass is 32.2. The molecule has 24 heavy (non-hydrogen) atoms. The molecule has 3 rings (SSSR count). The Kier molecular flexibility index (Phi) is 4.02. The topological polar surface area (TPSA) is 98.0 Å². The number of hydrogen-bond donors (Lipinski definition) is 1. The Bertz CT molecular complexity index is 984. The number of benzene rings is 1. The van der Waals surface area contributed by atoms with Gasteiger partial charge in [-0.25, -0.2) is 17.5 Å². The maximum atomic E-state index is 13.4. The Morgan fingerprint density at radius 2 is 1.92 bits per heavy atom. The zero-order chi connectivity index (χ0) is 17.3. The number of halogens is 1. The number of anilines is 1. The Morgan fingerprint density at radius 3 is 2.62 bits per heavy atom. The van der Waals surface area contributed by atoms with Gasteiger partial charge < -0.3 is 4.42 Å². The van der Waals surface area contributed by atoms with Crippen molar-refractivity contribution in [2.45, 2.75) is 18.7 Å². The third kappa shape index (κ3) is 3.25. The minimum atomic E-state index is -3.90. The molecule has 0 bridgehead atoms. The second kappa shape index (κ2) is 6.00. The van der Waals surface area contributed by atoms with Gasteiger partial charge in [0.25, 0.3) is 10.0 Å². The average Bonchev–Trinajstić information content (AvgIpc) is 2.97. The van der Waals surface area contributed by atoms with E-state index in [1.165, 1.54) is 24.4 Å². The maximum absolute atomic E-state index is 13.4. The van der Waals surface area contributed by atoms with Crippen LogP contribution in [0.5, 0.6) is 0 Å². The molecular weight excluding hydrogens is 335 g/mol. The molecule has 124 valence electrons. The summed E-state index contributed by atoms with van der Waals surface area (Å²) in [5.41, 5.74) is 1.80. The Labute approximate surface area is 137 Å². The van der Waals surface area contributed by atoms with Crippen molar-refractivity contribution in [3.63, 3.8) is 0 Å². The van der Waals surface area contributed by atoms with Crippen molar-refractivity contribution < 1.29 is 17.2 Å². The Morgan fingerprint density at radius 1 is 1.12 bits per heavy atom. The molecule has 9 heteroatoms. The molecule has 0 aliphatic heterocycles. The van der Waals surface area contributed by atoms with E-state index in [4.69, 9.17) is 4.42 Å². The molecule has 1 N–H and O–H groups in total. The van der Waals surface area contributed by atoms with E-state index in [9.17, 15) is 12.8 Å². The number of aromatic nitrogens is 3. The van der Waals surface area contributed by atoms with Gasteiger partial charge in [0, 0.05) is 17.5 Å². The van der Waals surface area contributed by atoms with Crippen LogP contribution in [0, 0.1) is 19.7 Å². The Balaban J connectivity index is 1.88. The van der Waals surface area contributed by atoms with Gasteiger partial charge in [-0.05, 0) is 43.7 Å². The number of rotatable bonds is 4. The first-order valence-electron chi connectivity index (χ1n) is 6.91. The van der Waals surface area contributed by atoms with Crippen LogP contribution >= 0.6 is 0 Å². The molecule has 2 heterocycles. The van der Waals surface area contributed by atoms with Gasteiger partial charge in [-0.15, -0.1) is 5.10 Å². The lowest BCUT2D eigenvalue weighted by Gasteiger charge is -2.04. The fraction of sp³-hybridized carbons (Fsp3) is 0.133. The summed E-state index contributed by atoms with van der Waals surface area (Å²) in [6.07, 6.45) is 1.23. The van der Waals surface area contributed by atoms with Gasteiger partial charge in [-0.2, -0.15) is 0 Å². The van der Waals surface area contributed by atoms with Crippen LogP contribution in [-0.4, -0.2) is 23.6 Å². The molecule has 1 aromatic carbocycles.